The minimum Gasteiger partial charge on any atom is -0.404 e. The Morgan fingerprint density at radius 3 is 2.93 bits per heavy atom. The molecule has 14 heavy (non-hydrogen) atoms. The van der Waals surface area contributed by atoms with Gasteiger partial charge in [0.05, 0.1) is 17.5 Å². The second-order valence-corrected chi connectivity index (χ2v) is 2.46. The molecule has 74 valence electrons. The molecular weight excluding hydrogens is 180 g/mol. The number of hydrogen-bond acceptors (Lipinski definition) is 4. The van der Waals surface area contributed by atoms with Crippen LogP contribution in [0.3, 0.4) is 0 Å². The van der Waals surface area contributed by atoms with Gasteiger partial charge in [-0.2, -0.15) is 0 Å². The summed E-state index contributed by atoms with van der Waals surface area (Å²) in [4.78, 5) is 18.5. The first kappa shape index (κ1) is 9.91. The third-order valence-electron chi connectivity index (χ3n) is 1.46. The summed E-state index contributed by atoms with van der Waals surface area (Å²) in [5.74, 6) is -0.611. The van der Waals surface area contributed by atoms with Gasteiger partial charge in [0.25, 0.3) is 5.91 Å². The highest BCUT2D eigenvalue weighted by molar-refractivity contribution is 6.11. The number of carbonyl (C=O) groups excluding carboxylic acids is 1. The fourth-order valence-corrected chi connectivity index (χ4v) is 0.763. The molecule has 0 saturated heterocycles. The van der Waals surface area contributed by atoms with Gasteiger partial charge in [0.15, 0.2) is 0 Å². The van der Waals surface area contributed by atoms with Gasteiger partial charge in [-0.25, -0.2) is 0 Å². The summed E-state index contributed by atoms with van der Waals surface area (Å²) in [5.41, 5.74) is 11.0. The summed E-state index contributed by atoms with van der Waals surface area (Å²) < 4.78 is 0. The molecule has 0 fully saturated rings. The van der Waals surface area contributed by atoms with E-state index in [-0.39, 0.29) is 7.00 Å². The standard InChI is InChI=1S/C9H10N4O.H2/c10-4-7(9(11)14)5-13-8-2-1-3-12-6-8;/h1-6H,10H2,(H2,11,14);1H/b7-4+,13-5?;. The predicted molar refractivity (Wildman–Crippen MR) is 56.0 cm³/mol. The minimum atomic E-state index is -0.611. The smallest absolute Gasteiger partial charge is 0.251 e. The average molecular weight is 192 g/mol. The third-order valence-corrected chi connectivity index (χ3v) is 1.46. The molecule has 0 spiro atoms. The van der Waals surface area contributed by atoms with E-state index in [0.29, 0.717) is 5.69 Å². The number of nitrogens with two attached hydrogens (primary N) is 2. The number of primary amides is 1. The van der Waals surface area contributed by atoms with Crippen LogP contribution in [0.2, 0.25) is 0 Å². The van der Waals surface area contributed by atoms with Crippen LogP contribution in [0.25, 0.3) is 0 Å². The van der Waals surface area contributed by atoms with Crippen molar-refractivity contribution in [3.05, 3.63) is 36.3 Å². The van der Waals surface area contributed by atoms with Crippen molar-refractivity contribution in [3.8, 4) is 0 Å². The van der Waals surface area contributed by atoms with Crippen molar-refractivity contribution in [3.63, 3.8) is 0 Å². The molecule has 1 rings (SSSR count). The summed E-state index contributed by atoms with van der Waals surface area (Å²) in [7, 11) is 0. The zero-order chi connectivity index (χ0) is 10.4. The molecule has 0 aliphatic heterocycles. The lowest BCUT2D eigenvalue weighted by Gasteiger charge is -1.93. The minimum absolute atomic E-state index is 0. The topological polar surface area (TPSA) is 94.4 Å². The second kappa shape index (κ2) is 4.76. The van der Waals surface area contributed by atoms with Crippen LogP contribution < -0.4 is 11.5 Å². The Labute approximate surface area is 82.6 Å². The number of aromatic nitrogens is 1. The second-order valence-electron chi connectivity index (χ2n) is 2.46. The van der Waals surface area contributed by atoms with Crippen molar-refractivity contribution in [2.75, 3.05) is 0 Å². The van der Waals surface area contributed by atoms with Crippen molar-refractivity contribution >= 4 is 17.8 Å². The van der Waals surface area contributed by atoms with Crippen molar-refractivity contribution < 1.29 is 6.22 Å². The maximum Gasteiger partial charge on any atom is 0.251 e. The van der Waals surface area contributed by atoms with E-state index in [9.17, 15) is 4.79 Å². The van der Waals surface area contributed by atoms with Gasteiger partial charge < -0.3 is 11.5 Å². The Morgan fingerprint density at radius 1 is 1.64 bits per heavy atom. The number of rotatable bonds is 3. The van der Waals surface area contributed by atoms with Crippen LogP contribution in [-0.4, -0.2) is 17.1 Å². The lowest BCUT2D eigenvalue weighted by molar-refractivity contribution is -0.114. The van der Waals surface area contributed by atoms with Crippen LogP contribution in [0.4, 0.5) is 5.69 Å². The van der Waals surface area contributed by atoms with E-state index in [2.05, 4.69) is 9.98 Å². The normalized spacial score (nSPS) is 11.9. The quantitative estimate of drug-likeness (QED) is 0.534. The van der Waals surface area contributed by atoms with Crippen LogP contribution in [0.5, 0.6) is 0 Å². The van der Waals surface area contributed by atoms with Crippen molar-refractivity contribution in [2.24, 2.45) is 16.5 Å². The number of pyridine rings is 1. The number of aliphatic imine (C=N–C) groups is 1. The van der Waals surface area contributed by atoms with E-state index >= 15 is 0 Å². The van der Waals surface area contributed by atoms with Crippen LogP contribution in [-0.2, 0) is 4.79 Å². The summed E-state index contributed by atoms with van der Waals surface area (Å²) in [6.07, 6.45) is 5.61. The number of carbonyl (C=O) groups is 1. The Balaban J connectivity index is 0.00000196. The maximum absolute atomic E-state index is 10.7. The Morgan fingerprint density at radius 2 is 2.43 bits per heavy atom. The van der Waals surface area contributed by atoms with E-state index in [0.717, 1.165) is 6.20 Å². The zero-order valence-electron chi connectivity index (χ0n) is 7.42. The highest BCUT2D eigenvalue weighted by Crippen LogP contribution is 2.06. The molecule has 1 amide bonds. The monoisotopic (exact) mass is 192 g/mol. The van der Waals surface area contributed by atoms with E-state index in [4.69, 9.17) is 11.5 Å². The molecule has 1 aromatic heterocycles. The third kappa shape index (κ3) is 2.71. The molecule has 1 heterocycles. The number of nitrogens with zero attached hydrogens (tertiary/aromatic N) is 2. The molecule has 5 nitrogen and oxygen atoms in total. The highest BCUT2D eigenvalue weighted by Gasteiger charge is 1.98. The molecule has 0 saturated carbocycles. The Bertz CT molecular complexity index is 375. The predicted octanol–water partition coefficient (Wildman–Crippen LogP) is 0.358. The summed E-state index contributed by atoms with van der Waals surface area (Å²) >= 11 is 0. The molecule has 0 aliphatic carbocycles. The molecule has 4 N–H and O–H groups in total. The van der Waals surface area contributed by atoms with Crippen molar-refractivity contribution in [1.82, 2.24) is 4.98 Å². The molecule has 0 bridgehead atoms. The molecule has 0 aliphatic rings. The van der Waals surface area contributed by atoms with Gasteiger partial charge in [-0.05, 0) is 12.1 Å². The molecule has 0 unspecified atom stereocenters. The van der Waals surface area contributed by atoms with Crippen LogP contribution in [0.1, 0.15) is 1.43 Å². The molecule has 1 aromatic rings. The van der Waals surface area contributed by atoms with E-state index in [1.54, 1.807) is 24.5 Å². The SMILES string of the molecule is N/C=C(\C=Nc1cccnc1)C(N)=O.[HH]. The van der Waals surface area contributed by atoms with E-state index in [1.165, 1.54) is 6.21 Å². The number of hydrogen-bond donors (Lipinski definition) is 2. The molecule has 0 aromatic carbocycles. The first-order valence-corrected chi connectivity index (χ1v) is 3.90. The van der Waals surface area contributed by atoms with Gasteiger partial charge in [-0.1, -0.05) is 0 Å². The fourth-order valence-electron chi connectivity index (χ4n) is 0.763. The van der Waals surface area contributed by atoms with Gasteiger partial charge in [-0.15, -0.1) is 0 Å². The van der Waals surface area contributed by atoms with Crippen LogP contribution >= 0.6 is 0 Å². The van der Waals surface area contributed by atoms with Crippen molar-refractivity contribution in [1.29, 1.82) is 0 Å². The maximum atomic E-state index is 10.7. The fraction of sp³-hybridized carbons (Fsp3) is 0. The van der Waals surface area contributed by atoms with Crippen LogP contribution in [0.15, 0.2) is 41.3 Å². The zero-order valence-corrected chi connectivity index (χ0v) is 7.42. The van der Waals surface area contributed by atoms with Gasteiger partial charge >= 0.3 is 0 Å². The lowest BCUT2D eigenvalue weighted by atomic mass is 10.3. The van der Waals surface area contributed by atoms with E-state index < -0.39 is 5.91 Å². The first-order valence-electron chi connectivity index (χ1n) is 3.90. The van der Waals surface area contributed by atoms with Gasteiger partial charge in [0, 0.05) is 20.0 Å². The van der Waals surface area contributed by atoms with Gasteiger partial charge in [0.2, 0.25) is 0 Å². The number of amides is 1. The molecular formula is C9H12N4O. The van der Waals surface area contributed by atoms with Crippen molar-refractivity contribution in [2.45, 2.75) is 0 Å². The largest absolute Gasteiger partial charge is 0.404 e. The van der Waals surface area contributed by atoms with E-state index in [1.807, 2.05) is 0 Å². The average Bonchev–Trinajstić information content (AvgIpc) is 2.20. The highest BCUT2D eigenvalue weighted by atomic mass is 16.1. The van der Waals surface area contributed by atoms with Gasteiger partial charge in [-0.3, -0.25) is 14.8 Å². The Kier molecular flexibility index (Phi) is 3.37. The Hall–Kier alpha value is -2.17. The van der Waals surface area contributed by atoms with Crippen LogP contribution in [0, 0.1) is 0 Å². The lowest BCUT2D eigenvalue weighted by Crippen LogP contribution is -2.15. The molecule has 5 heteroatoms. The first-order chi connectivity index (χ1) is 6.74. The molecule has 0 radical (unpaired) electrons. The van der Waals surface area contributed by atoms with Gasteiger partial charge in [0.1, 0.15) is 0 Å². The summed E-state index contributed by atoms with van der Waals surface area (Å²) in [6, 6.07) is 3.49. The molecule has 0 atom stereocenters. The summed E-state index contributed by atoms with van der Waals surface area (Å²) in [6.45, 7) is 0. The summed E-state index contributed by atoms with van der Waals surface area (Å²) in [5, 5.41) is 0.